The van der Waals surface area contributed by atoms with Crippen LogP contribution in [0.4, 0.5) is 14.8 Å². The molecule has 2 fully saturated rings. The number of aromatic nitrogens is 2. The summed E-state index contributed by atoms with van der Waals surface area (Å²) in [4.78, 5) is 20.3. The van der Waals surface area contributed by atoms with Gasteiger partial charge in [0, 0.05) is 50.3 Å². The lowest BCUT2D eigenvalue weighted by Crippen LogP contribution is -2.47. The second-order valence-corrected chi connectivity index (χ2v) is 10.7. The monoisotopic (exact) mass is 484 g/mol. The maximum absolute atomic E-state index is 14.3. The molecule has 1 aromatic carbocycles. The lowest BCUT2D eigenvalue weighted by molar-refractivity contribution is -0.135. The molecule has 0 unspecified atom stereocenters. The normalized spacial score (nSPS) is 20.2. The average Bonchev–Trinajstić information content (AvgIpc) is 3.38. The van der Waals surface area contributed by atoms with E-state index < -0.39 is 38.2 Å². The molecule has 2 saturated heterocycles. The molecule has 1 aromatic heterocycles. The van der Waals surface area contributed by atoms with Gasteiger partial charge in [0.2, 0.25) is 0 Å². The number of likely N-dealkylation sites (tertiary alicyclic amines) is 1. The van der Waals surface area contributed by atoms with Crippen LogP contribution in [0.2, 0.25) is 0 Å². The minimum absolute atomic E-state index is 0.0102. The van der Waals surface area contributed by atoms with Gasteiger partial charge in [-0.2, -0.15) is 4.98 Å². The fourth-order valence-corrected chi connectivity index (χ4v) is 4.87. The largest absolute Gasteiger partial charge is 0.477 e. The molecule has 1 atom stereocenters. The molecule has 33 heavy (non-hydrogen) atoms. The molecule has 4 rings (SSSR count). The number of rotatable bonds is 6. The van der Waals surface area contributed by atoms with Crippen molar-refractivity contribution in [3.63, 3.8) is 0 Å². The number of hydrogen-bond donors (Lipinski definition) is 0. The van der Waals surface area contributed by atoms with E-state index in [1.54, 1.807) is 4.90 Å². The zero-order valence-electron chi connectivity index (χ0n) is 18.6. The maximum atomic E-state index is 14.3. The van der Waals surface area contributed by atoms with Gasteiger partial charge in [0.1, 0.15) is 10.7 Å². The predicted octanol–water partition coefficient (Wildman–Crippen LogP) is 2.52. The van der Waals surface area contributed by atoms with E-state index in [0.717, 1.165) is 6.26 Å². The van der Waals surface area contributed by atoms with Crippen LogP contribution < -0.4 is 9.64 Å². The highest BCUT2D eigenvalue weighted by molar-refractivity contribution is 7.90. The zero-order valence-corrected chi connectivity index (χ0v) is 19.4. The van der Waals surface area contributed by atoms with Gasteiger partial charge in [-0.05, 0) is 18.9 Å². The SMILES string of the molecule is CC(C)c1noc(N2CCC(N3CC[C@@H](Oc4cc(F)c(S(C)(=O)=O)cc4F)C3=O)CC2)n1. The first kappa shape index (κ1) is 23.4. The van der Waals surface area contributed by atoms with Gasteiger partial charge in [-0.1, -0.05) is 19.0 Å². The third kappa shape index (κ3) is 4.80. The Morgan fingerprint density at radius 1 is 1.12 bits per heavy atom. The smallest absolute Gasteiger partial charge is 0.324 e. The van der Waals surface area contributed by atoms with E-state index >= 15 is 0 Å². The molecule has 0 radical (unpaired) electrons. The summed E-state index contributed by atoms with van der Waals surface area (Å²) in [6.45, 7) is 5.70. The highest BCUT2D eigenvalue weighted by atomic mass is 32.2. The van der Waals surface area contributed by atoms with Gasteiger partial charge < -0.3 is 19.1 Å². The van der Waals surface area contributed by atoms with Crippen molar-refractivity contribution in [2.75, 3.05) is 30.8 Å². The number of nitrogens with zero attached hydrogens (tertiary/aromatic N) is 4. The highest BCUT2D eigenvalue weighted by Crippen LogP contribution is 2.30. The van der Waals surface area contributed by atoms with E-state index in [4.69, 9.17) is 9.26 Å². The Bertz CT molecular complexity index is 1150. The topological polar surface area (TPSA) is 106 Å². The van der Waals surface area contributed by atoms with Crippen LogP contribution in [0.25, 0.3) is 0 Å². The van der Waals surface area contributed by atoms with Gasteiger partial charge in [-0.3, -0.25) is 4.79 Å². The van der Waals surface area contributed by atoms with Crippen LogP contribution in [0.1, 0.15) is 44.9 Å². The van der Waals surface area contributed by atoms with Crippen molar-refractivity contribution < 1.29 is 31.3 Å². The second kappa shape index (κ2) is 8.88. The Hall–Kier alpha value is -2.76. The first-order valence-corrected chi connectivity index (χ1v) is 12.7. The minimum atomic E-state index is -3.93. The molecule has 3 heterocycles. The van der Waals surface area contributed by atoms with Crippen molar-refractivity contribution in [3.8, 4) is 5.75 Å². The summed E-state index contributed by atoms with van der Waals surface area (Å²) < 4.78 is 62.4. The quantitative estimate of drug-likeness (QED) is 0.616. The van der Waals surface area contributed by atoms with Gasteiger partial charge in [0.15, 0.2) is 33.3 Å². The van der Waals surface area contributed by atoms with Gasteiger partial charge in [-0.25, -0.2) is 17.2 Å². The number of hydrogen-bond acceptors (Lipinski definition) is 8. The molecule has 0 aliphatic carbocycles. The van der Waals surface area contributed by atoms with E-state index in [0.29, 0.717) is 62.9 Å². The lowest BCUT2D eigenvalue weighted by Gasteiger charge is -2.35. The number of halogens is 2. The van der Waals surface area contributed by atoms with Gasteiger partial charge in [0.05, 0.1) is 0 Å². The number of benzene rings is 1. The van der Waals surface area contributed by atoms with Crippen LogP contribution in [0, 0.1) is 11.6 Å². The maximum Gasteiger partial charge on any atom is 0.324 e. The molecule has 0 saturated carbocycles. The molecule has 12 heteroatoms. The summed E-state index contributed by atoms with van der Waals surface area (Å²) in [5, 5.41) is 3.98. The Kier molecular flexibility index (Phi) is 6.30. The van der Waals surface area contributed by atoms with Crippen LogP contribution in [0.15, 0.2) is 21.6 Å². The third-order valence-electron chi connectivity index (χ3n) is 5.97. The van der Waals surface area contributed by atoms with Crippen molar-refractivity contribution in [1.29, 1.82) is 0 Å². The standard InChI is InChI=1S/C21H26F2N4O5S/c1-12(2)19-24-21(32-25-19)26-7-4-13(5-8-26)27-9-6-16(20(27)28)31-17-10-15(23)18(11-14(17)22)33(3,29)30/h10-13,16H,4-9H2,1-3H3/t16-/m1/s1. The first-order valence-electron chi connectivity index (χ1n) is 10.8. The lowest BCUT2D eigenvalue weighted by atomic mass is 10.0. The number of piperidine rings is 1. The summed E-state index contributed by atoms with van der Waals surface area (Å²) in [5.41, 5.74) is 0. The molecule has 2 aliphatic rings. The summed E-state index contributed by atoms with van der Waals surface area (Å²) in [7, 11) is -3.93. The van der Waals surface area contributed by atoms with E-state index in [1.807, 2.05) is 18.7 Å². The molecular weight excluding hydrogens is 458 g/mol. The molecular formula is C21H26F2N4O5S. The Balaban J connectivity index is 1.37. The molecule has 1 amide bonds. The minimum Gasteiger partial charge on any atom is -0.477 e. The Morgan fingerprint density at radius 3 is 2.42 bits per heavy atom. The molecule has 2 aliphatic heterocycles. The highest BCUT2D eigenvalue weighted by Gasteiger charge is 2.39. The number of amides is 1. The molecule has 9 nitrogen and oxygen atoms in total. The van der Waals surface area contributed by atoms with E-state index in [9.17, 15) is 22.0 Å². The Labute approximate surface area is 190 Å². The van der Waals surface area contributed by atoms with E-state index in [-0.39, 0.29) is 17.9 Å². The second-order valence-electron chi connectivity index (χ2n) is 8.72. The summed E-state index contributed by atoms with van der Waals surface area (Å²) in [6.07, 6.45) is 1.56. The number of ether oxygens (including phenoxy) is 1. The molecule has 2 aromatic rings. The van der Waals surface area contributed by atoms with Gasteiger partial charge in [0.25, 0.3) is 5.91 Å². The van der Waals surface area contributed by atoms with Crippen molar-refractivity contribution in [2.45, 2.75) is 56.1 Å². The Morgan fingerprint density at radius 2 is 1.82 bits per heavy atom. The summed E-state index contributed by atoms with van der Waals surface area (Å²) >= 11 is 0. The van der Waals surface area contributed by atoms with Crippen LogP contribution in [-0.4, -0.2) is 67.4 Å². The number of anilines is 1. The molecule has 0 bridgehead atoms. The first-order chi connectivity index (χ1) is 15.5. The van der Waals surface area contributed by atoms with Crippen LogP contribution >= 0.6 is 0 Å². The molecule has 180 valence electrons. The fraction of sp³-hybridized carbons (Fsp3) is 0.571. The van der Waals surface area contributed by atoms with Gasteiger partial charge >= 0.3 is 6.01 Å². The summed E-state index contributed by atoms with van der Waals surface area (Å²) in [6, 6.07) is 1.72. The van der Waals surface area contributed by atoms with Gasteiger partial charge in [-0.15, -0.1) is 0 Å². The van der Waals surface area contributed by atoms with E-state index in [1.165, 1.54) is 0 Å². The average molecular weight is 485 g/mol. The fourth-order valence-electron chi connectivity index (χ4n) is 4.14. The third-order valence-corrected chi connectivity index (χ3v) is 7.08. The van der Waals surface area contributed by atoms with Crippen molar-refractivity contribution in [3.05, 3.63) is 29.6 Å². The number of carbonyl (C=O) groups excluding carboxylic acids is 1. The summed E-state index contributed by atoms with van der Waals surface area (Å²) in [5.74, 6) is -2.11. The van der Waals surface area contributed by atoms with Crippen molar-refractivity contribution >= 4 is 21.8 Å². The van der Waals surface area contributed by atoms with Crippen LogP contribution in [0.3, 0.4) is 0 Å². The van der Waals surface area contributed by atoms with Crippen molar-refractivity contribution in [2.24, 2.45) is 0 Å². The predicted molar refractivity (Wildman–Crippen MR) is 114 cm³/mol. The van der Waals surface area contributed by atoms with Crippen molar-refractivity contribution in [1.82, 2.24) is 15.0 Å². The molecule has 0 N–H and O–H groups in total. The molecule has 0 spiro atoms. The zero-order chi connectivity index (χ0) is 23.9. The number of sulfone groups is 1. The number of carbonyl (C=O) groups is 1. The van der Waals surface area contributed by atoms with Crippen LogP contribution in [-0.2, 0) is 14.6 Å². The van der Waals surface area contributed by atoms with Crippen LogP contribution in [0.5, 0.6) is 5.75 Å². The van der Waals surface area contributed by atoms with E-state index in [2.05, 4.69) is 10.1 Å².